The third-order valence-corrected chi connectivity index (χ3v) is 1.89. The van der Waals surface area contributed by atoms with E-state index in [0.717, 1.165) is 4.90 Å². The van der Waals surface area contributed by atoms with Crippen LogP contribution in [0, 0.1) is 0 Å². The maximum absolute atomic E-state index is 10.6. The van der Waals surface area contributed by atoms with Crippen LogP contribution in [0.3, 0.4) is 0 Å². The zero-order valence-corrected chi connectivity index (χ0v) is 12.0. The van der Waals surface area contributed by atoms with E-state index in [2.05, 4.69) is 5.73 Å². The van der Waals surface area contributed by atoms with Gasteiger partial charge in [0.05, 0.1) is 46.2 Å². The third-order valence-electron chi connectivity index (χ3n) is 1.89. The van der Waals surface area contributed by atoms with Crippen LogP contribution in [0.1, 0.15) is 0 Å². The van der Waals surface area contributed by atoms with Crippen molar-refractivity contribution in [3.63, 3.8) is 0 Å². The number of hydrogen-bond acceptors (Lipinski definition) is 7. The highest BCUT2D eigenvalue weighted by Gasteiger charge is 2.06. The Morgan fingerprint density at radius 2 is 1.45 bits per heavy atom. The minimum absolute atomic E-state index is 0.137. The monoisotopic (exact) mass is 294 g/mol. The van der Waals surface area contributed by atoms with Gasteiger partial charge in [-0.2, -0.15) is 0 Å². The molecule has 0 aromatic rings. The lowest BCUT2D eigenvalue weighted by Gasteiger charge is -2.12. The van der Waals surface area contributed by atoms with Crippen LogP contribution in [0.4, 0.5) is 4.79 Å². The van der Waals surface area contributed by atoms with Gasteiger partial charge in [-0.3, -0.25) is 9.69 Å². The summed E-state index contributed by atoms with van der Waals surface area (Å²) in [6, 6.07) is -0.790. The highest BCUT2D eigenvalue weighted by Crippen LogP contribution is 1.85. The SMILES string of the molecule is CN.NCCOCCOCCOCCN(C=O)C(N)=O. The Hall–Kier alpha value is -1.26. The van der Waals surface area contributed by atoms with Crippen molar-refractivity contribution in [3.05, 3.63) is 0 Å². The lowest BCUT2D eigenvalue weighted by atomic mass is 10.6. The van der Waals surface area contributed by atoms with E-state index in [4.69, 9.17) is 25.7 Å². The predicted octanol–water partition coefficient (Wildman–Crippen LogP) is -1.89. The summed E-state index contributed by atoms with van der Waals surface area (Å²) in [5.41, 5.74) is 14.7. The number of hydrogen-bond donors (Lipinski definition) is 3. The van der Waals surface area contributed by atoms with Gasteiger partial charge in [0.1, 0.15) is 0 Å². The van der Waals surface area contributed by atoms with E-state index >= 15 is 0 Å². The summed E-state index contributed by atoms with van der Waals surface area (Å²) < 4.78 is 15.4. The molecule has 3 amide bonds. The number of ether oxygens (including phenoxy) is 3. The van der Waals surface area contributed by atoms with Crippen molar-refractivity contribution in [2.24, 2.45) is 17.2 Å². The molecule has 0 aliphatic carbocycles. The Balaban J connectivity index is 0. The fraction of sp³-hybridized carbons (Fsp3) is 0.818. The largest absolute Gasteiger partial charge is 0.378 e. The van der Waals surface area contributed by atoms with Crippen LogP contribution in [0.2, 0.25) is 0 Å². The number of carbonyl (C=O) groups is 2. The van der Waals surface area contributed by atoms with E-state index in [1.807, 2.05) is 0 Å². The van der Waals surface area contributed by atoms with Crippen molar-refractivity contribution in [1.29, 1.82) is 0 Å². The Morgan fingerprint density at radius 1 is 1.00 bits per heavy atom. The number of nitrogens with two attached hydrogens (primary N) is 3. The minimum atomic E-state index is -0.790. The summed E-state index contributed by atoms with van der Waals surface area (Å²) in [6.45, 7) is 3.16. The molecule has 0 radical (unpaired) electrons. The molecule has 6 N–H and O–H groups in total. The second kappa shape index (κ2) is 17.7. The van der Waals surface area contributed by atoms with Gasteiger partial charge in [0.25, 0.3) is 0 Å². The van der Waals surface area contributed by atoms with Crippen LogP contribution in [0.25, 0.3) is 0 Å². The van der Waals surface area contributed by atoms with Crippen LogP contribution in [0.5, 0.6) is 0 Å². The molecule has 0 saturated heterocycles. The Labute approximate surface area is 119 Å². The topological polar surface area (TPSA) is 143 Å². The first-order chi connectivity index (χ1) is 9.72. The van der Waals surface area contributed by atoms with Crippen molar-refractivity contribution in [3.8, 4) is 0 Å². The lowest BCUT2D eigenvalue weighted by Crippen LogP contribution is -2.37. The van der Waals surface area contributed by atoms with Crippen LogP contribution in [0.15, 0.2) is 0 Å². The molecule has 0 rings (SSSR count). The second-order valence-corrected chi connectivity index (χ2v) is 3.26. The number of nitrogens with zero attached hydrogens (tertiary/aromatic N) is 1. The minimum Gasteiger partial charge on any atom is -0.378 e. The Kier molecular flexibility index (Phi) is 18.7. The summed E-state index contributed by atoms with van der Waals surface area (Å²) in [5, 5.41) is 0. The molecule has 0 heterocycles. The fourth-order valence-corrected chi connectivity index (χ4v) is 1.00. The standard InChI is InChI=1S/C10H21N3O5.CH5N/c11-1-3-16-5-7-18-8-6-17-4-2-13(9-14)10(12)15;1-2/h9H,1-8,11H2,(H2,12,15);2H2,1H3. The van der Waals surface area contributed by atoms with Gasteiger partial charge in [0, 0.05) is 6.54 Å². The fourth-order valence-electron chi connectivity index (χ4n) is 1.00. The predicted molar refractivity (Wildman–Crippen MR) is 74.0 cm³/mol. The van der Waals surface area contributed by atoms with E-state index in [0.29, 0.717) is 46.0 Å². The van der Waals surface area contributed by atoms with Gasteiger partial charge in [0.2, 0.25) is 6.41 Å². The van der Waals surface area contributed by atoms with Gasteiger partial charge in [-0.25, -0.2) is 4.79 Å². The average Bonchev–Trinajstić information content (AvgIpc) is 2.46. The molecule has 0 aliphatic heterocycles. The molecule has 0 aliphatic rings. The maximum atomic E-state index is 10.6. The van der Waals surface area contributed by atoms with Crippen molar-refractivity contribution < 1.29 is 23.8 Å². The quantitative estimate of drug-likeness (QED) is 0.282. The highest BCUT2D eigenvalue weighted by atomic mass is 16.5. The average molecular weight is 294 g/mol. The van der Waals surface area contributed by atoms with Crippen molar-refractivity contribution in [2.45, 2.75) is 0 Å². The van der Waals surface area contributed by atoms with Gasteiger partial charge >= 0.3 is 6.03 Å². The van der Waals surface area contributed by atoms with Crippen LogP contribution < -0.4 is 17.2 Å². The highest BCUT2D eigenvalue weighted by molar-refractivity contribution is 5.83. The summed E-state index contributed by atoms with van der Waals surface area (Å²) in [6.07, 6.45) is 0.372. The molecule has 0 fully saturated rings. The molecule has 0 aromatic heterocycles. The van der Waals surface area contributed by atoms with Crippen molar-refractivity contribution in [2.75, 3.05) is 59.8 Å². The molecule has 0 bridgehead atoms. The molecule has 0 saturated carbocycles. The number of carbonyl (C=O) groups excluding carboxylic acids is 2. The van der Waals surface area contributed by atoms with E-state index in [1.165, 1.54) is 7.05 Å². The van der Waals surface area contributed by atoms with Gasteiger partial charge in [-0.15, -0.1) is 0 Å². The summed E-state index contributed by atoms with van der Waals surface area (Å²) in [4.78, 5) is 21.8. The Bertz CT molecular complexity index is 231. The normalized spacial score (nSPS) is 9.55. The molecule has 0 unspecified atom stereocenters. The van der Waals surface area contributed by atoms with Crippen LogP contribution in [-0.2, 0) is 19.0 Å². The van der Waals surface area contributed by atoms with Crippen LogP contribution in [-0.4, -0.2) is 77.1 Å². The Morgan fingerprint density at radius 3 is 1.85 bits per heavy atom. The third kappa shape index (κ3) is 14.8. The van der Waals surface area contributed by atoms with E-state index in [-0.39, 0.29) is 13.2 Å². The van der Waals surface area contributed by atoms with Crippen molar-refractivity contribution in [1.82, 2.24) is 4.90 Å². The molecule has 20 heavy (non-hydrogen) atoms. The van der Waals surface area contributed by atoms with Gasteiger partial charge < -0.3 is 31.4 Å². The van der Waals surface area contributed by atoms with E-state index in [1.54, 1.807) is 0 Å². The molecule has 120 valence electrons. The van der Waals surface area contributed by atoms with E-state index in [9.17, 15) is 9.59 Å². The maximum Gasteiger partial charge on any atom is 0.321 e. The molecule has 9 nitrogen and oxygen atoms in total. The summed E-state index contributed by atoms with van der Waals surface area (Å²) >= 11 is 0. The van der Waals surface area contributed by atoms with Crippen molar-refractivity contribution >= 4 is 12.4 Å². The zero-order valence-electron chi connectivity index (χ0n) is 12.0. The summed E-state index contributed by atoms with van der Waals surface area (Å²) in [5.74, 6) is 0. The number of amides is 3. The number of rotatable bonds is 12. The molecular weight excluding hydrogens is 268 g/mol. The zero-order chi connectivity index (χ0) is 15.6. The van der Waals surface area contributed by atoms with Crippen LogP contribution >= 0.6 is 0 Å². The first-order valence-electron chi connectivity index (χ1n) is 6.24. The van der Waals surface area contributed by atoms with E-state index < -0.39 is 6.03 Å². The summed E-state index contributed by atoms with van der Waals surface area (Å²) in [7, 11) is 1.50. The molecule has 0 atom stereocenters. The first kappa shape index (κ1) is 21.0. The molecule has 0 spiro atoms. The first-order valence-corrected chi connectivity index (χ1v) is 6.24. The number of primary amides is 1. The number of imide groups is 1. The molecule has 9 heteroatoms. The second-order valence-electron chi connectivity index (χ2n) is 3.26. The van der Waals surface area contributed by atoms with Gasteiger partial charge in [-0.05, 0) is 7.05 Å². The lowest BCUT2D eigenvalue weighted by molar-refractivity contribution is -0.116. The van der Waals surface area contributed by atoms with Gasteiger partial charge in [0.15, 0.2) is 0 Å². The molecule has 0 aromatic carbocycles. The van der Waals surface area contributed by atoms with Gasteiger partial charge in [-0.1, -0.05) is 0 Å². The number of urea groups is 1. The smallest absolute Gasteiger partial charge is 0.321 e. The molecular formula is C11H26N4O5.